The Labute approximate surface area is 92.9 Å². The van der Waals surface area contributed by atoms with Crippen LogP contribution in [0, 0.1) is 3.57 Å². The summed E-state index contributed by atoms with van der Waals surface area (Å²) in [6, 6.07) is 6.33. The van der Waals surface area contributed by atoms with E-state index < -0.39 is 12.1 Å². The molecular formula is C8H5FIN3O. The number of halogens is 2. The van der Waals surface area contributed by atoms with E-state index in [1.54, 1.807) is 12.1 Å². The van der Waals surface area contributed by atoms with Gasteiger partial charge < -0.3 is 0 Å². The monoisotopic (exact) mass is 305 g/mol. The Morgan fingerprint density at radius 2 is 2.07 bits per heavy atom. The summed E-state index contributed by atoms with van der Waals surface area (Å²) in [6.07, 6.45) is -2.14. The molecule has 1 rings (SSSR count). The quantitative estimate of drug-likeness (QED) is 0.211. The van der Waals surface area contributed by atoms with Gasteiger partial charge in [-0.3, -0.25) is 4.79 Å². The Kier molecular flexibility index (Phi) is 3.84. The van der Waals surface area contributed by atoms with E-state index >= 15 is 0 Å². The van der Waals surface area contributed by atoms with Crippen LogP contribution in [0.15, 0.2) is 29.4 Å². The number of carbonyl (C=O) groups is 1. The third-order valence-electron chi connectivity index (χ3n) is 1.50. The molecule has 0 bridgehead atoms. The van der Waals surface area contributed by atoms with E-state index in [0.717, 1.165) is 3.57 Å². The molecule has 0 amide bonds. The minimum Gasteiger partial charge on any atom is -0.291 e. The first-order valence-electron chi connectivity index (χ1n) is 3.63. The maximum Gasteiger partial charge on any atom is 0.241 e. The summed E-state index contributed by atoms with van der Waals surface area (Å²) in [5, 5.41) is 2.69. The fraction of sp³-hybridized carbons (Fsp3) is 0.125. The lowest BCUT2D eigenvalue weighted by Crippen LogP contribution is -2.12. The Morgan fingerprint density at radius 3 is 2.57 bits per heavy atom. The normalized spacial score (nSPS) is 11.6. The zero-order chi connectivity index (χ0) is 10.6. The van der Waals surface area contributed by atoms with Gasteiger partial charge in [-0.05, 0) is 45.4 Å². The minimum atomic E-state index is -2.14. The summed E-state index contributed by atoms with van der Waals surface area (Å²) in [7, 11) is 0. The van der Waals surface area contributed by atoms with Gasteiger partial charge in [0.25, 0.3) is 0 Å². The smallest absolute Gasteiger partial charge is 0.241 e. The van der Waals surface area contributed by atoms with Crippen molar-refractivity contribution in [2.24, 2.45) is 5.11 Å². The highest BCUT2D eigenvalue weighted by Crippen LogP contribution is 2.11. The SMILES string of the molecule is [N-]=[N+]=NC(F)C(=O)c1ccc(I)cc1. The fourth-order valence-electron chi connectivity index (χ4n) is 0.849. The molecule has 0 spiro atoms. The average Bonchev–Trinajstić information content (AvgIpc) is 2.18. The van der Waals surface area contributed by atoms with Gasteiger partial charge in [0.05, 0.1) is 0 Å². The van der Waals surface area contributed by atoms with E-state index in [9.17, 15) is 9.18 Å². The van der Waals surface area contributed by atoms with E-state index in [1.165, 1.54) is 12.1 Å². The highest BCUT2D eigenvalue weighted by molar-refractivity contribution is 14.1. The molecule has 14 heavy (non-hydrogen) atoms. The third-order valence-corrected chi connectivity index (χ3v) is 2.22. The van der Waals surface area contributed by atoms with Gasteiger partial charge >= 0.3 is 0 Å². The number of nitrogens with zero attached hydrogens (tertiary/aromatic N) is 3. The van der Waals surface area contributed by atoms with Crippen molar-refractivity contribution >= 4 is 28.4 Å². The number of azide groups is 1. The van der Waals surface area contributed by atoms with Crippen molar-refractivity contribution in [3.8, 4) is 0 Å². The Balaban J connectivity index is 2.89. The third kappa shape index (κ3) is 2.68. The molecular weight excluding hydrogens is 300 g/mol. The van der Waals surface area contributed by atoms with Crippen LogP contribution in [-0.2, 0) is 0 Å². The van der Waals surface area contributed by atoms with Crippen LogP contribution in [-0.4, -0.2) is 12.1 Å². The number of alkyl halides is 1. The van der Waals surface area contributed by atoms with Gasteiger partial charge in [0.1, 0.15) is 0 Å². The molecule has 1 aromatic carbocycles. The van der Waals surface area contributed by atoms with Crippen LogP contribution in [0.1, 0.15) is 10.4 Å². The maximum atomic E-state index is 12.8. The fourth-order valence-corrected chi connectivity index (χ4v) is 1.21. The molecule has 0 aromatic heterocycles. The second-order valence-corrected chi connectivity index (χ2v) is 3.66. The Hall–Kier alpha value is -1.14. The standard InChI is InChI=1S/C8H5FIN3O/c9-8(12-13-11)7(14)5-1-3-6(10)4-2-5/h1-4,8H. The number of carbonyl (C=O) groups excluding carboxylic acids is 1. The summed E-state index contributed by atoms with van der Waals surface area (Å²) in [5.74, 6) is -0.820. The first kappa shape index (κ1) is 10.9. The van der Waals surface area contributed by atoms with Crippen LogP contribution >= 0.6 is 22.6 Å². The van der Waals surface area contributed by atoms with E-state index in [0.29, 0.717) is 0 Å². The largest absolute Gasteiger partial charge is 0.291 e. The maximum absolute atomic E-state index is 12.8. The Bertz CT molecular complexity index is 386. The predicted octanol–water partition coefficient (Wildman–Crippen LogP) is 3.08. The molecule has 1 atom stereocenters. The first-order valence-corrected chi connectivity index (χ1v) is 4.71. The van der Waals surface area contributed by atoms with Gasteiger partial charge in [0.15, 0.2) is 0 Å². The number of hydrogen-bond donors (Lipinski definition) is 0. The van der Waals surface area contributed by atoms with Crippen LogP contribution in [0.5, 0.6) is 0 Å². The summed E-state index contributed by atoms with van der Waals surface area (Å²) in [5.41, 5.74) is 8.14. The molecule has 0 saturated carbocycles. The molecule has 0 radical (unpaired) electrons. The molecule has 0 aliphatic carbocycles. The highest BCUT2D eigenvalue weighted by atomic mass is 127. The topological polar surface area (TPSA) is 65.8 Å². The van der Waals surface area contributed by atoms with Gasteiger partial charge in [0, 0.05) is 14.0 Å². The number of rotatable bonds is 3. The lowest BCUT2D eigenvalue weighted by molar-refractivity contribution is 0.0883. The van der Waals surface area contributed by atoms with E-state index in [-0.39, 0.29) is 5.56 Å². The summed E-state index contributed by atoms with van der Waals surface area (Å²) < 4.78 is 13.8. The number of Topliss-reactive ketones (excluding diaryl/α,β-unsaturated/α-hetero) is 1. The molecule has 0 N–H and O–H groups in total. The molecule has 0 aliphatic heterocycles. The molecule has 0 aliphatic rings. The van der Waals surface area contributed by atoms with Gasteiger partial charge in [-0.25, -0.2) is 4.39 Å². The van der Waals surface area contributed by atoms with Crippen molar-refractivity contribution in [1.29, 1.82) is 0 Å². The van der Waals surface area contributed by atoms with Crippen LogP contribution in [0.4, 0.5) is 4.39 Å². The van der Waals surface area contributed by atoms with Gasteiger partial charge in [0.2, 0.25) is 12.1 Å². The summed E-state index contributed by atoms with van der Waals surface area (Å²) in [4.78, 5) is 13.4. The first-order chi connectivity index (χ1) is 6.65. The van der Waals surface area contributed by atoms with Crippen LogP contribution in [0.2, 0.25) is 0 Å². The molecule has 4 nitrogen and oxygen atoms in total. The van der Waals surface area contributed by atoms with Crippen molar-refractivity contribution in [2.45, 2.75) is 6.30 Å². The molecule has 72 valence electrons. The zero-order valence-corrected chi connectivity index (χ0v) is 9.05. The van der Waals surface area contributed by atoms with Crippen molar-refractivity contribution < 1.29 is 9.18 Å². The van der Waals surface area contributed by atoms with Crippen molar-refractivity contribution in [1.82, 2.24) is 0 Å². The average molecular weight is 305 g/mol. The van der Waals surface area contributed by atoms with Crippen molar-refractivity contribution in [3.63, 3.8) is 0 Å². The molecule has 6 heteroatoms. The molecule has 0 saturated heterocycles. The highest BCUT2D eigenvalue weighted by Gasteiger charge is 2.16. The van der Waals surface area contributed by atoms with Crippen molar-refractivity contribution in [3.05, 3.63) is 43.8 Å². The number of ketones is 1. The second kappa shape index (κ2) is 4.92. The van der Waals surface area contributed by atoms with Crippen LogP contribution in [0.25, 0.3) is 10.4 Å². The minimum absolute atomic E-state index is 0.199. The number of hydrogen-bond acceptors (Lipinski definition) is 2. The summed E-state index contributed by atoms with van der Waals surface area (Å²) in [6.45, 7) is 0. The predicted molar refractivity (Wildman–Crippen MR) is 57.5 cm³/mol. The molecule has 1 unspecified atom stereocenters. The van der Waals surface area contributed by atoms with E-state index in [2.05, 4.69) is 32.6 Å². The summed E-state index contributed by atoms with van der Waals surface area (Å²) >= 11 is 2.07. The molecule has 0 fully saturated rings. The number of benzene rings is 1. The molecule has 0 heterocycles. The van der Waals surface area contributed by atoms with Gasteiger partial charge in [-0.15, -0.1) is 0 Å². The van der Waals surface area contributed by atoms with Crippen LogP contribution in [0.3, 0.4) is 0 Å². The van der Waals surface area contributed by atoms with Crippen LogP contribution < -0.4 is 0 Å². The Morgan fingerprint density at radius 1 is 1.50 bits per heavy atom. The van der Waals surface area contributed by atoms with E-state index in [4.69, 9.17) is 5.53 Å². The van der Waals surface area contributed by atoms with E-state index in [1.807, 2.05) is 0 Å². The lowest BCUT2D eigenvalue weighted by Gasteiger charge is -2.00. The second-order valence-electron chi connectivity index (χ2n) is 2.41. The zero-order valence-electron chi connectivity index (χ0n) is 6.89. The van der Waals surface area contributed by atoms with Gasteiger partial charge in [-0.2, -0.15) is 0 Å². The lowest BCUT2D eigenvalue weighted by atomic mass is 10.1. The van der Waals surface area contributed by atoms with Crippen molar-refractivity contribution in [2.75, 3.05) is 0 Å². The van der Waals surface area contributed by atoms with Gasteiger partial charge in [-0.1, -0.05) is 12.1 Å². The molecule has 1 aromatic rings.